The van der Waals surface area contributed by atoms with Gasteiger partial charge in [-0.2, -0.15) is 0 Å². The van der Waals surface area contributed by atoms with Gasteiger partial charge in [0.2, 0.25) is 0 Å². The lowest BCUT2D eigenvalue weighted by atomic mass is 9.80. The van der Waals surface area contributed by atoms with Gasteiger partial charge < -0.3 is 18.9 Å². The summed E-state index contributed by atoms with van der Waals surface area (Å²) >= 11 is 0. The average molecular weight is 498 g/mol. The summed E-state index contributed by atoms with van der Waals surface area (Å²) in [6, 6.07) is 9.77. The number of rotatable bonds is 7. The molecule has 2 aliphatic rings. The molecular formula is C28H36NO5P. The third-order valence-corrected chi connectivity index (χ3v) is 8.56. The van der Waals surface area contributed by atoms with Crippen LogP contribution in [0.1, 0.15) is 67.3 Å². The highest BCUT2D eigenvalue weighted by molar-refractivity contribution is 7.53. The molecule has 2 heterocycles. The molecule has 188 valence electrons. The quantitative estimate of drug-likeness (QED) is 0.415. The zero-order valence-corrected chi connectivity index (χ0v) is 22.2. The zero-order valence-electron chi connectivity index (χ0n) is 21.3. The topological polar surface area (TPSA) is 77.4 Å². The van der Waals surface area contributed by atoms with E-state index in [1.165, 1.54) is 5.56 Å². The van der Waals surface area contributed by atoms with E-state index in [1.807, 2.05) is 30.5 Å². The molecular weight excluding hydrogens is 461 g/mol. The molecule has 1 fully saturated rings. The van der Waals surface area contributed by atoms with E-state index in [0.717, 1.165) is 35.1 Å². The maximum Gasteiger partial charge on any atom is 0.368 e. The van der Waals surface area contributed by atoms with Crippen molar-refractivity contribution < 1.29 is 23.5 Å². The Kier molecular flexibility index (Phi) is 7.56. The van der Waals surface area contributed by atoms with Crippen LogP contribution in [0.5, 0.6) is 11.5 Å². The van der Waals surface area contributed by atoms with Crippen LogP contribution >= 0.6 is 7.60 Å². The average Bonchev–Trinajstić information content (AvgIpc) is 2.81. The minimum absolute atomic E-state index is 0.125. The molecule has 0 amide bonds. The maximum absolute atomic E-state index is 13.3. The Balaban J connectivity index is 1.44. The first-order chi connectivity index (χ1) is 16.6. The molecule has 0 radical (unpaired) electrons. The second-order valence-corrected chi connectivity index (χ2v) is 12.2. The van der Waals surface area contributed by atoms with Crippen LogP contribution in [0.25, 0.3) is 0 Å². The predicted octanol–water partition coefficient (Wildman–Crippen LogP) is 7.05. The minimum Gasteiger partial charge on any atom is -0.508 e. The van der Waals surface area contributed by atoms with Crippen LogP contribution in [-0.4, -0.2) is 30.4 Å². The number of allylic oxidation sites excluding steroid dienone is 1. The third-order valence-electron chi connectivity index (χ3n) is 6.96. The van der Waals surface area contributed by atoms with Gasteiger partial charge in [-0.1, -0.05) is 39.0 Å². The number of nitrogens with zero attached hydrogens (tertiary/aromatic N) is 1. The first-order valence-corrected chi connectivity index (χ1v) is 14.0. The highest BCUT2D eigenvalue weighted by atomic mass is 31.2. The Morgan fingerprint density at radius 1 is 1.23 bits per heavy atom. The van der Waals surface area contributed by atoms with Crippen LogP contribution in [0.3, 0.4) is 0 Å². The highest BCUT2D eigenvalue weighted by Gasteiger charge is 2.43. The van der Waals surface area contributed by atoms with E-state index in [1.54, 1.807) is 12.3 Å². The highest BCUT2D eigenvalue weighted by Crippen LogP contribution is 2.55. The molecule has 3 atom stereocenters. The summed E-state index contributed by atoms with van der Waals surface area (Å²) in [4.78, 5) is 4.26. The van der Waals surface area contributed by atoms with Crippen molar-refractivity contribution in [1.82, 2.24) is 0 Å². The first-order valence-electron chi connectivity index (χ1n) is 12.2. The molecule has 1 saturated heterocycles. The summed E-state index contributed by atoms with van der Waals surface area (Å²) in [5.74, 6) is 1.24. The number of phenolic OH excluding ortho intramolecular Hbond substituents is 1. The maximum atomic E-state index is 13.3. The third kappa shape index (κ3) is 5.88. The van der Waals surface area contributed by atoms with Gasteiger partial charge in [0.05, 0.1) is 12.7 Å². The normalized spacial score (nSPS) is 26.3. The number of benzene rings is 2. The lowest BCUT2D eigenvalue weighted by Gasteiger charge is -2.39. The van der Waals surface area contributed by atoms with Gasteiger partial charge in [0.25, 0.3) is 0 Å². The number of hydrogen-bond donors (Lipinski definition) is 1. The fourth-order valence-electron chi connectivity index (χ4n) is 4.79. The molecule has 6 nitrogen and oxygen atoms in total. The smallest absolute Gasteiger partial charge is 0.368 e. The van der Waals surface area contributed by atoms with Crippen LogP contribution in [-0.2, 0) is 20.0 Å². The van der Waals surface area contributed by atoms with Gasteiger partial charge in [0.15, 0.2) is 6.35 Å². The fourth-order valence-corrected chi connectivity index (χ4v) is 6.41. The Morgan fingerprint density at radius 3 is 2.63 bits per heavy atom. The molecule has 2 aromatic carbocycles. The SMILES string of the molecule is Cc1cc(OC[P@]2(=O)OCC[C@@H]([C@@]3(C)C=NC=CC3)O2)cc(C)c1Cc1ccc(O)c(C(C)C)c1. The molecule has 2 aliphatic heterocycles. The monoisotopic (exact) mass is 497 g/mol. The first kappa shape index (κ1) is 25.7. The Hall–Kier alpha value is -2.40. The van der Waals surface area contributed by atoms with E-state index in [2.05, 4.69) is 45.7 Å². The second kappa shape index (κ2) is 10.3. The van der Waals surface area contributed by atoms with E-state index in [4.69, 9.17) is 13.8 Å². The Labute approximate surface area is 208 Å². The van der Waals surface area contributed by atoms with Crippen molar-refractivity contribution >= 4 is 13.8 Å². The molecule has 1 N–H and O–H groups in total. The molecule has 7 heteroatoms. The number of aryl methyl sites for hydroxylation is 2. The van der Waals surface area contributed by atoms with E-state index in [9.17, 15) is 9.67 Å². The van der Waals surface area contributed by atoms with Crippen molar-refractivity contribution in [3.63, 3.8) is 0 Å². The van der Waals surface area contributed by atoms with Crippen LogP contribution in [0.15, 0.2) is 47.6 Å². The molecule has 0 aromatic heterocycles. The summed E-state index contributed by atoms with van der Waals surface area (Å²) in [5.41, 5.74) is 5.22. The van der Waals surface area contributed by atoms with Gasteiger partial charge in [0.1, 0.15) is 11.5 Å². The lowest BCUT2D eigenvalue weighted by molar-refractivity contribution is 0.0244. The van der Waals surface area contributed by atoms with E-state index >= 15 is 0 Å². The van der Waals surface area contributed by atoms with Crippen molar-refractivity contribution in [1.29, 1.82) is 0 Å². The second-order valence-electron chi connectivity index (χ2n) is 10.2. The van der Waals surface area contributed by atoms with Crippen LogP contribution in [0, 0.1) is 19.3 Å². The summed E-state index contributed by atoms with van der Waals surface area (Å²) in [5, 5.41) is 10.1. The summed E-state index contributed by atoms with van der Waals surface area (Å²) < 4.78 is 30.9. The van der Waals surface area contributed by atoms with Crippen LogP contribution in [0.4, 0.5) is 0 Å². The number of aromatic hydroxyl groups is 1. The van der Waals surface area contributed by atoms with Crippen molar-refractivity contribution in [3.05, 3.63) is 70.4 Å². The van der Waals surface area contributed by atoms with Gasteiger partial charge in [-0.3, -0.25) is 9.56 Å². The molecule has 0 saturated carbocycles. The number of phenols is 1. The van der Waals surface area contributed by atoms with E-state index < -0.39 is 7.60 Å². The van der Waals surface area contributed by atoms with Gasteiger partial charge in [0, 0.05) is 17.8 Å². The largest absolute Gasteiger partial charge is 0.508 e. The molecule has 0 spiro atoms. The Bertz CT molecular complexity index is 1160. The van der Waals surface area contributed by atoms with E-state index in [0.29, 0.717) is 24.5 Å². The van der Waals surface area contributed by atoms with Gasteiger partial charge in [-0.15, -0.1) is 0 Å². The number of hydrogen-bond acceptors (Lipinski definition) is 6. The lowest BCUT2D eigenvalue weighted by Crippen LogP contribution is -2.39. The predicted molar refractivity (Wildman–Crippen MR) is 140 cm³/mol. The van der Waals surface area contributed by atoms with Gasteiger partial charge in [-0.05, 0) is 85.0 Å². The zero-order chi connectivity index (χ0) is 25.2. The van der Waals surface area contributed by atoms with Crippen molar-refractivity contribution in [2.45, 2.75) is 65.9 Å². The molecule has 35 heavy (non-hydrogen) atoms. The summed E-state index contributed by atoms with van der Waals surface area (Å²) in [7, 11) is -3.39. The fraction of sp³-hybridized carbons (Fsp3) is 0.464. The standard InChI is InChI=1S/C28H36NO5P/c1-19(2)24-15-22(7-8-26(24)30)16-25-20(3)13-23(14-21(25)4)32-18-35(31)33-12-9-27(34-35)28(5)10-6-11-29-17-28/h6-8,11,13-15,17,19,27,30H,9-10,12,16,18H2,1-5H3/t27-,28+,35-/m0/s1. The van der Waals surface area contributed by atoms with Crippen LogP contribution < -0.4 is 4.74 Å². The van der Waals surface area contributed by atoms with Crippen LogP contribution in [0.2, 0.25) is 0 Å². The summed E-state index contributed by atoms with van der Waals surface area (Å²) in [6.07, 6.45) is 7.55. The van der Waals surface area contributed by atoms with Crippen molar-refractivity contribution in [3.8, 4) is 11.5 Å². The van der Waals surface area contributed by atoms with Gasteiger partial charge >= 0.3 is 7.60 Å². The Morgan fingerprint density at radius 2 is 1.97 bits per heavy atom. The molecule has 2 aromatic rings. The molecule has 4 rings (SSSR count). The van der Waals surface area contributed by atoms with Crippen molar-refractivity contribution in [2.24, 2.45) is 10.4 Å². The van der Waals surface area contributed by atoms with Gasteiger partial charge in [-0.25, -0.2) is 0 Å². The van der Waals surface area contributed by atoms with Crippen molar-refractivity contribution in [2.75, 3.05) is 13.0 Å². The molecule has 0 unspecified atom stereocenters. The number of ether oxygens (including phenoxy) is 1. The summed E-state index contributed by atoms with van der Waals surface area (Å²) in [6.45, 7) is 10.7. The molecule has 0 bridgehead atoms. The molecule has 0 aliphatic carbocycles. The minimum atomic E-state index is -3.39. The van der Waals surface area contributed by atoms with E-state index in [-0.39, 0.29) is 23.8 Å². The number of aliphatic imine (C=N–C) groups is 1.